The molecule has 0 amide bonds. The molecule has 0 aromatic carbocycles. The zero-order valence-electron chi connectivity index (χ0n) is 17.6. The Morgan fingerprint density at radius 2 is 1.26 bits per heavy atom. The maximum absolute atomic E-state index is 2.53. The van der Waals surface area contributed by atoms with Crippen LogP contribution in [0.2, 0.25) is 19.6 Å². The maximum atomic E-state index is 2.53. The van der Waals surface area contributed by atoms with Crippen LogP contribution in [0.25, 0.3) is 0 Å². The highest BCUT2D eigenvalue weighted by atomic mass is 31.1. The number of rotatable bonds is 3. The van der Waals surface area contributed by atoms with Crippen molar-refractivity contribution in [3.63, 3.8) is 0 Å². The summed E-state index contributed by atoms with van der Waals surface area (Å²) in [6.07, 6.45) is 1.23. The van der Waals surface area contributed by atoms with Gasteiger partial charge in [0.15, 0.2) is 0 Å². The van der Waals surface area contributed by atoms with Crippen molar-refractivity contribution in [1.82, 2.24) is 0 Å². The van der Waals surface area contributed by atoms with Crippen LogP contribution in [0.4, 0.5) is 0 Å². The SMILES string of the molecule is CCC(C)(C)c1pc(C(C)(C)C)c(C(C)(C)C)c([Si](C)(C)C)p1. The molecule has 1 aromatic heterocycles. The summed E-state index contributed by atoms with van der Waals surface area (Å²) < 4.78 is 0. The van der Waals surface area contributed by atoms with Gasteiger partial charge in [0.2, 0.25) is 0 Å². The number of hydrogen-bond donors (Lipinski definition) is 0. The van der Waals surface area contributed by atoms with E-state index in [0.717, 1.165) is 0 Å². The van der Waals surface area contributed by atoms with Crippen molar-refractivity contribution in [2.24, 2.45) is 0 Å². The first-order valence-electron chi connectivity index (χ1n) is 8.96. The van der Waals surface area contributed by atoms with E-state index in [-0.39, 0.29) is 10.8 Å². The molecule has 0 aliphatic rings. The molecule has 0 N–H and O–H groups in total. The van der Waals surface area contributed by atoms with Crippen LogP contribution in [-0.2, 0) is 16.2 Å². The van der Waals surface area contributed by atoms with E-state index in [0.29, 0.717) is 5.41 Å². The monoisotopic (exact) mass is 368 g/mol. The molecule has 0 atom stereocenters. The molecule has 132 valence electrons. The van der Waals surface area contributed by atoms with Crippen molar-refractivity contribution >= 4 is 29.4 Å². The summed E-state index contributed by atoms with van der Waals surface area (Å²) in [5.74, 6) is 0. The highest BCUT2D eigenvalue weighted by Gasteiger charge is 2.35. The molecule has 0 fully saturated rings. The average molecular weight is 369 g/mol. The molecule has 0 radical (unpaired) electrons. The summed E-state index contributed by atoms with van der Waals surface area (Å²) in [6, 6.07) is 0. The highest BCUT2D eigenvalue weighted by Crippen LogP contribution is 2.48. The summed E-state index contributed by atoms with van der Waals surface area (Å²) >= 11 is 0. The van der Waals surface area contributed by atoms with Crippen LogP contribution in [0, 0.1) is 0 Å². The van der Waals surface area contributed by atoms with Crippen LogP contribution < -0.4 is 4.92 Å². The van der Waals surface area contributed by atoms with Gasteiger partial charge in [-0.2, -0.15) is 0 Å². The van der Waals surface area contributed by atoms with Gasteiger partial charge in [0.25, 0.3) is 0 Å². The minimum atomic E-state index is -1.36. The zero-order valence-corrected chi connectivity index (χ0v) is 20.4. The van der Waals surface area contributed by atoms with Crippen molar-refractivity contribution in [3.8, 4) is 0 Å². The molecular weight excluding hydrogens is 330 g/mol. The van der Waals surface area contributed by atoms with Crippen LogP contribution >= 0.6 is 16.4 Å². The molecule has 0 unspecified atom stereocenters. The second kappa shape index (κ2) is 6.55. The third-order valence-electron chi connectivity index (χ3n) is 4.57. The summed E-state index contributed by atoms with van der Waals surface area (Å²) in [5, 5.41) is 3.40. The fourth-order valence-electron chi connectivity index (χ4n) is 2.72. The van der Waals surface area contributed by atoms with Gasteiger partial charge in [-0.25, -0.2) is 0 Å². The lowest BCUT2D eigenvalue weighted by atomic mass is 9.81. The Kier molecular flexibility index (Phi) is 6.08. The largest absolute Gasteiger partial charge is 0.0839 e. The van der Waals surface area contributed by atoms with E-state index in [1.54, 1.807) is 29.0 Å². The molecule has 0 saturated carbocycles. The van der Waals surface area contributed by atoms with Gasteiger partial charge in [-0.05, 0) is 38.4 Å². The first-order valence-corrected chi connectivity index (χ1v) is 14.2. The Morgan fingerprint density at radius 3 is 1.57 bits per heavy atom. The van der Waals surface area contributed by atoms with Gasteiger partial charge >= 0.3 is 0 Å². The molecule has 3 heteroatoms. The third-order valence-corrected chi connectivity index (χ3v) is 12.4. The van der Waals surface area contributed by atoms with Crippen LogP contribution in [0.5, 0.6) is 0 Å². The minimum Gasteiger partial charge on any atom is -0.0680 e. The molecule has 1 rings (SSSR count). The zero-order chi connectivity index (χ0) is 18.4. The molecule has 0 nitrogen and oxygen atoms in total. The summed E-state index contributed by atoms with van der Waals surface area (Å²) in [7, 11) is 1.69. The van der Waals surface area contributed by atoms with Crippen LogP contribution in [0.3, 0.4) is 0 Å². The molecule has 1 heterocycles. The highest BCUT2D eigenvalue weighted by molar-refractivity contribution is 7.53. The number of hydrogen-bond acceptors (Lipinski definition) is 0. The predicted molar refractivity (Wildman–Crippen MR) is 115 cm³/mol. The quantitative estimate of drug-likeness (QED) is 0.480. The first-order chi connectivity index (χ1) is 10.0. The molecule has 0 saturated heterocycles. The smallest absolute Gasteiger partial charge is 0.0680 e. The van der Waals surface area contributed by atoms with Crippen molar-refractivity contribution in [3.05, 3.63) is 15.9 Å². The van der Waals surface area contributed by atoms with E-state index in [1.165, 1.54) is 14.6 Å². The van der Waals surface area contributed by atoms with Crippen molar-refractivity contribution in [2.75, 3.05) is 0 Å². The van der Waals surface area contributed by atoms with E-state index in [4.69, 9.17) is 0 Å². The Bertz CT molecular complexity index is 532. The van der Waals surface area contributed by atoms with E-state index in [2.05, 4.69) is 82.0 Å². The normalized spacial score (nSPS) is 15.0. The van der Waals surface area contributed by atoms with Crippen LogP contribution in [-0.4, -0.2) is 8.07 Å². The lowest BCUT2D eigenvalue weighted by Gasteiger charge is -2.37. The molecule has 0 aliphatic heterocycles. The van der Waals surface area contributed by atoms with Crippen LogP contribution in [0.15, 0.2) is 0 Å². The predicted octanol–water partition coefficient (Wildman–Crippen LogP) is 7.67. The maximum Gasteiger partial charge on any atom is 0.0839 e. The Balaban J connectivity index is 3.96. The first kappa shape index (κ1) is 21.3. The van der Waals surface area contributed by atoms with Crippen molar-refractivity contribution < 1.29 is 0 Å². The van der Waals surface area contributed by atoms with Gasteiger partial charge in [-0.1, -0.05) is 98.3 Å². The fourth-order valence-corrected chi connectivity index (χ4v) is 9.72. The van der Waals surface area contributed by atoms with Gasteiger partial charge < -0.3 is 0 Å². The van der Waals surface area contributed by atoms with Gasteiger partial charge in [0.1, 0.15) is 0 Å². The molecular formula is C20H38P2Si. The Hall–Kier alpha value is 0.297. The average Bonchev–Trinajstić information content (AvgIpc) is 2.34. The Morgan fingerprint density at radius 1 is 0.783 bits per heavy atom. The van der Waals surface area contributed by atoms with E-state index in [9.17, 15) is 0 Å². The van der Waals surface area contributed by atoms with E-state index in [1.807, 2.05) is 0 Å². The van der Waals surface area contributed by atoms with E-state index >= 15 is 0 Å². The third kappa shape index (κ3) is 4.90. The molecule has 0 aliphatic carbocycles. The van der Waals surface area contributed by atoms with Gasteiger partial charge in [-0.3, -0.25) is 0 Å². The lowest BCUT2D eigenvalue weighted by molar-refractivity contribution is 0.523. The van der Waals surface area contributed by atoms with E-state index < -0.39 is 8.07 Å². The summed E-state index contributed by atoms with van der Waals surface area (Å²) in [5.41, 5.74) is 2.50. The van der Waals surface area contributed by atoms with Gasteiger partial charge in [-0.15, -0.1) is 0 Å². The van der Waals surface area contributed by atoms with Crippen LogP contribution in [0.1, 0.15) is 84.6 Å². The van der Waals surface area contributed by atoms with Gasteiger partial charge in [0.05, 0.1) is 8.07 Å². The van der Waals surface area contributed by atoms with Crippen molar-refractivity contribution in [1.29, 1.82) is 0 Å². The molecule has 0 bridgehead atoms. The lowest BCUT2D eigenvalue weighted by Crippen LogP contribution is -2.43. The Labute approximate surface area is 150 Å². The molecule has 1 aromatic rings. The molecule has 0 spiro atoms. The summed E-state index contributed by atoms with van der Waals surface area (Å²) in [4.78, 5) is 1.78. The van der Waals surface area contributed by atoms with Crippen molar-refractivity contribution in [2.45, 2.75) is 105 Å². The molecule has 23 heavy (non-hydrogen) atoms. The minimum absolute atomic E-state index is 0.236. The topological polar surface area (TPSA) is 0 Å². The standard InChI is InChI=1S/C20H38P2Si/c1-13-20(8,9)17-21-15(19(5,6)7)14(18(2,3)4)16(22-17)23(10,11)12/h13H2,1-12H3. The second-order valence-corrected chi connectivity index (χ2v) is 18.6. The van der Waals surface area contributed by atoms with Gasteiger partial charge in [0, 0.05) is 5.03 Å². The second-order valence-electron chi connectivity index (χ2n) is 10.6. The fraction of sp³-hybridized carbons (Fsp3) is 0.800. The summed E-state index contributed by atoms with van der Waals surface area (Å²) in [6.45, 7) is 29.2.